The Morgan fingerprint density at radius 3 is 2.36 bits per heavy atom. The lowest BCUT2D eigenvalue weighted by atomic mass is 10.1. The number of piperidine rings is 1. The highest BCUT2D eigenvalue weighted by Crippen LogP contribution is 2.31. The summed E-state index contributed by atoms with van der Waals surface area (Å²) in [6, 6.07) is 11.5. The minimum absolute atomic E-state index is 0.0105. The third-order valence-corrected chi connectivity index (χ3v) is 7.38. The summed E-state index contributed by atoms with van der Waals surface area (Å²) in [6.07, 6.45) is 3.38. The number of benzene rings is 2. The van der Waals surface area contributed by atoms with Crippen LogP contribution in [0.4, 0.5) is 5.69 Å². The van der Waals surface area contributed by atoms with Gasteiger partial charge < -0.3 is 14.8 Å². The highest BCUT2D eigenvalue weighted by atomic mass is 32.2. The molecule has 1 N–H and O–H groups in total. The van der Waals surface area contributed by atoms with Gasteiger partial charge in [0.25, 0.3) is 0 Å². The highest BCUT2D eigenvalue weighted by molar-refractivity contribution is 7.89. The molecule has 1 aliphatic rings. The Morgan fingerprint density at radius 2 is 1.73 bits per heavy atom. The molecule has 33 heavy (non-hydrogen) atoms. The van der Waals surface area contributed by atoms with E-state index < -0.39 is 10.0 Å². The smallest absolute Gasteiger partial charge is 0.246 e. The van der Waals surface area contributed by atoms with Crippen LogP contribution in [0.1, 0.15) is 49.4 Å². The molecule has 0 atom stereocenters. The van der Waals surface area contributed by atoms with Crippen LogP contribution in [-0.2, 0) is 14.8 Å². The second kappa shape index (κ2) is 11.3. The Bertz CT molecular complexity index is 1080. The number of nitrogens with zero attached hydrogens (tertiary/aromatic N) is 1. The number of hydrogen-bond acceptors (Lipinski definition) is 6. The number of nitrogens with one attached hydrogen (secondary N) is 1. The van der Waals surface area contributed by atoms with Crippen molar-refractivity contribution in [3.8, 4) is 11.5 Å². The molecule has 0 spiro atoms. The number of rotatable bonds is 10. The van der Waals surface area contributed by atoms with Crippen LogP contribution in [0.5, 0.6) is 11.5 Å². The second-order valence-corrected chi connectivity index (χ2v) is 9.82. The molecule has 0 aliphatic carbocycles. The molecule has 2 aromatic carbocycles. The largest absolute Gasteiger partial charge is 0.495 e. The first-order valence-electron chi connectivity index (χ1n) is 11.0. The molecular weight excluding hydrogens is 444 g/mol. The molecule has 178 valence electrons. The number of methoxy groups -OCH3 is 1. The first-order valence-corrected chi connectivity index (χ1v) is 12.5. The molecule has 1 saturated heterocycles. The van der Waals surface area contributed by atoms with Gasteiger partial charge in [0.15, 0.2) is 5.78 Å². The first kappa shape index (κ1) is 24.7. The van der Waals surface area contributed by atoms with Gasteiger partial charge in [-0.15, -0.1) is 0 Å². The zero-order chi connectivity index (χ0) is 23.8. The summed E-state index contributed by atoms with van der Waals surface area (Å²) < 4.78 is 38.6. The number of ether oxygens (including phenoxy) is 2. The summed E-state index contributed by atoms with van der Waals surface area (Å²) in [5, 5.41) is 2.76. The number of anilines is 1. The van der Waals surface area contributed by atoms with Gasteiger partial charge in [-0.1, -0.05) is 6.42 Å². The van der Waals surface area contributed by atoms with Crippen molar-refractivity contribution < 1.29 is 27.5 Å². The fourth-order valence-electron chi connectivity index (χ4n) is 3.63. The molecule has 2 aromatic rings. The molecule has 1 heterocycles. The van der Waals surface area contributed by atoms with E-state index >= 15 is 0 Å². The van der Waals surface area contributed by atoms with Gasteiger partial charge in [-0.2, -0.15) is 4.31 Å². The van der Waals surface area contributed by atoms with E-state index in [1.807, 2.05) is 0 Å². The van der Waals surface area contributed by atoms with Gasteiger partial charge in [0.1, 0.15) is 16.4 Å². The minimum Gasteiger partial charge on any atom is -0.495 e. The van der Waals surface area contributed by atoms with Gasteiger partial charge in [-0.3, -0.25) is 9.59 Å². The average molecular weight is 475 g/mol. The van der Waals surface area contributed by atoms with E-state index in [4.69, 9.17) is 9.47 Å². The molecule has 1 aliphatic heterocycles. The zero-order valence-electron chi connectivity index (χ0n) is 19.0. The topological polar surface area (TPSA) is 102 Å². The number of sulfonamides is 1. The van der Waals surface area contributed by atoms with Crippen molar-refractivity contribution in [3.05, 3.63) is 48.0 Å². The van der Waals surface area contributed by atoms with Crippen LogP contribution in [0, 0.1) is 0 Å². The lowest BCUT2D eigenvalue weighted by Crippen LogP contribution is -2.35. The minimum atomic E-state index is -3.71. The standard InChI is InChI=1S/C24H30N2O6S/c1-18(27)19-8-11-21(12-9-19)32-16-6-7-24(28)25-20-10-13-22(31-2)23(17-20)33(29,30)26-14-4-3-5-15-26/h8-13,17H,3-7,14-16H2,1-2H3,(H,25,28). The molecule has 1 amide bonds. The third-order valence-electron chi connectivity index (χ3n) is 5.46. The normalized spacial score (nSPS) is 14.5. The molecule has 8 nitrogen and oxygen atoms in total. The van der Waals surface area contributed by atoms with Crippen molar-refractivity contribution in [2.75, 3.05) is 32.1 Å². The fourth-order valence-corrected chi connectivity index (χ4v) is 5.33. The van der Waals surface area contributed by atoms with E-state index in [0.717, 1.165) is 19.3 Å². The summed E-state index contributed by atoms with van der Waals surface area (Å²) in [4.78, 5) is 23.7. The van der Waals surface area contributed by atoms with E-state index in [0.29, 0.717) is 43.1 Å². The number of ketones is 1. The maximum Gasteiger partial charge on any atom is 0.246 e. The summed E-state index contributed by atoms with van der Waals surface area (Å²) >= 11 is 0. The Morgan fingerprint density at radius 1 is 1.03 bits per heavy atom. The quantitative estimate of drug-likeness (QED) is 0.414. The van der Waals surface area contributed by atoms with Crippen molar-refractivity contribution in [3.63, 3.8) is 0 Å². The monoisotopic (exact) mass is 474 g/mol. The molecule has 0 aromatic heterocycles. The van der Waals surface area contributed by atoms with Crippen molar-refractivity contribution in [1.82, 2.24) is 4.31 Å². The van der Waals surface area contributed by atoms with Crippen molar-refractivity contribution >= 4 is 27.4 Å². The fraction of sp³-hybridized carbons (Fsp3) is 0.417. The molecule has 3 rings (SSSR count). The van der Waals surface area contributed by atoms with Crippen molar-refractivity contribution in [2.45, 2.75) is 43.9 Å². The Hall–Kier alpha value is -2.91. The molecule has 0 radical (unpaired) electrons. The van der Waals surface area contributed by atoms with Crippen LogP contribution < -0.4 is 14.8 Å². The van der Waals surface area contributed by atoms with Crippen LogP contribution >= 0.6 is 0 Å². The van der Waals surface area contributed by atoms with Crippen LogP contribution in [0.3, 0.4) is 0 Å². The number of hydrogen-bond donors (Lipinski definition) is 1. The van der Waals surface area contributed by atoms with Crippen molar-refractivity contribution in [1.29, 1.82) is 0 Å². The molecular formula is C24H30N2O6S. The number of carbonyl (C=O) groups excluding carboxylic acids is 2. The van der Waals surface area contributed by atoms with E-state index in [1.54, 1.807) is 36.4 Å². The number of carbonyl (C=O) groups is 2. The average Bonchev–Trinajstić information content (AvgIpc) is 2.82. The predicted molar refractivity (Wildman–Crippen MR) is 125 cm³/mol. The zero-order valence-corrected chi connectivity index (χ0v) is 19.8. The third kappa shape index (κ3) is 6.55. The van der Waals surface area contributed by atoms with Crippen LogP contribution in [-0.4, -0.2) is 51.2 Å². The molecule has 9 heteroatoms. The SMILES string of the molecule is COc1ccc(NC(=O)CCCOc2ccc(C(C)=O)cc2)cc1S(=O)(=O)N1CCCCC1. The predicted octanol–water partition coefficient (Wildman–Crippen LogP) is 3.87. The molecule has 0 saturated carbocycles. The lowest BCUT2D eigenvalue weighted by molar-refractivity contribution is -0.116. The Labute approximate surface area is 194 Å². The molecule has 1 fully saturated rings. The van der Waals surface area contributed by atoms with Gasteiger partial charge in [0, 0.05) is 30.8 Å². The Balaban J connectivity index is 1.56. The van der Waals surface area contributed by atoms with E-state index in [9.17, 15) is 18.0 Å². The maximum atomic E-state index is 13.1. The van der Waals surface area contributed by atoms with Crippen LogP contribution in [0.15, 0.2) is 47.4 Å². The van der Waals surface area contributed by atoms with Gasteiger partial charge in [-0.25, -0.2) is 8.42 Å². The lowest BCUT2D eigenvalue weighted by Gasteiger charge is -2.26. The summed E-state index contributed by atoms with van der Waals surface area (Å²) in [5.41, 5.74) is 1.01. The molecule has 0 bridgehead atoms. The van der Waals surface area contributed by atoms with Crippen LogP contribution in [0.2, 0.25) is 0 Å². The van der Waals surface area contributed by atoms with Crippen molar-refractivity contribution in [2.24, 2.45) is 0 Å². The van der Waals surface area contributed by atoms with Gasteiger partial charge in [0.2, 0.25) is 15.9 Å². The summed E-state index contributed by atoms with van der Waals surface area (Å²) in [6.45, 7) is 2.81. The summed E-state index contributed by atoms with van der Waals surface area (Å²) in [7, 11) is -2.28. The van der Waals surface area contributed by atoms with E-state index in [-0.39, 0.29) is 28.8 Å². The summed E-state index contributed by atoms with van der Waals surface area (Å²) in [5.74, 6) is 0.631. The van der Waals surface area contributed by atoms with Crippen LogP contribution in [0.25, 0.3) is 0 Å². The van der Waals surface area contributed by atoms with Gasteiger partial charge in [-0.05, 0) is 68.7 Å². The second-order valence-electron chi connectivity index (χ2n) is 7.91. The molecule has 0 unspecified atom stereocenters. The highest BCUT2D eigenvalue weighted by Gasteiger charge is 2.29. The van der Waals surface area contributed by atoms with E-state index in [2.05, 4.69) is 5.32 Å². The van der Waals surface area contributed by atoms with Gasteiger partial charge >= 0.3 is 0 Å². The maximum absolute atomic E-state index is 13.1. The first-order chi connectivity index (χ1) is 15.8. The number of Topliss-reactive ketones (excluding diaryl/α,β-unsaturated/α-hetero) is 1. The Kier molecular flexibility index (Phi) is 8.46. The van der Waals surface area contributed by atoms with Gasteiger partial charge in [0.05, 0.1) is 13.7 Å². The number of amides is 1. The van der Waals surface area contributed by atoms with E-state index in [1.165, 1.54) is 24.4 Å².